The minimum Gasteiger partial charge on any atom is -0.857 e. The van der Waals surface area contributed by atoms with Crippen LogP contribution in [0.3, 0.4) is 0 Å². The number of nitrogens with one attached hydrogen (secondary N) is 2. The molecule has 2 saturated heterocycles. The molecule has 37 nitrogen and oxygen atoms in total. The minimum absolute atomic E-state index is 0. The number of nitrogens with zero attached hydrogens (tertiary/aromatic N) is 12. The van der Waals surface area contributed by atoms with Gasteiger partial charge in [-0.1, -0.05) is 33.8 Å². The van der Waals surface area contributed by atoms with Gasteiger partial charge in [0.2, 0.25) is 0 Å². The number of aryl methyl sites for hydroxylation is 2. The van der Waals surface area contributed by atoms with Crippen molar-refractivity contribution >= 4 is 127 Å². The molecule has 4 aromatic heterocycles. The van der Waals surface area contributed by atoms with E-state index in [1.165, 1.54) is 72.0 Å². The Balaban J connectivity index is -0.000000431. The molecule has 0 radical (unpaired) electrons. The van der Waals surface area contributed by atoms with Gasteiger partial charge in [0, 0.05) is 59.7 Å². The molecule has 0 spiro atoms. The van der Waals surface area contributed by atoms with E-state index in [0.717, 1.165) is 56.0 Å². The van der Waals surface area contributed by atoms with E-state index in [1.54, 1.807) is 0 Å². The first-order chi connectivity index (χ1) is 34.2. The standard InChI is InChI=1S/2C18H18N8O7S3.4Na.7H2O/c2*1-25-18(22-12(28)13(29)23-25)36-4-6-3-34-15-9(14(30)26(15)10(6)16(31)32)21-11(27)8(24-33-2)7-5-35-17(19)20-7;;;;;;;;;;;/h2*5,9,15H,3-4H2,1-2H3,(H2,19,20)(H,21,27)(H,23,29)(H,31,32);;;;;7*1H2/q;;4*+1;;;;;;;/p-4/b2*24-8-;;;;;;;;;;;/t2*9-,15-;;;;;;;;;;;/m11.........../s1. The van der Waals surface area contributed by atoms with Gasteiger partial charge < -0.3 is 89.5 Å². The Bertz CT molecular complexity index is 3140. The number of carbonyl (C=O) groups is 4. The fraction of sp³-hybridized carbons (Fsp3) is 0.333. The summed E-state index contributed by atoms with van der Waals surface area (Å²) in [4.78, 5) is 130. The van der Waals surface area contributed by atoms with Crippen molar-refractivity contribution in [3.05, 3.63) is 86.1 Å². The number of carboxylic acids is 2. The van der Waals surface area contributed by atoms with E-state index < -0.39 is 80.6 Å². The SMILES string of the molecule is CO/N=C(\C([O-])=N[C@@H]1C(=O)N2C(C(=O)[O-])=C(CSc3nc(=O)c(=O)[nH]n3C)CS[C@H]12)c1csc(N)n1.CO/N=C(\C([O-])=N[C@@H]1C(=O)N2C(C(=O)[O-])=C(CSc3nc(=O)c(=O)[nH]n3C)CS[C@H]12)c1csc(N)n1.O.O.O.O.O.O.O.[Na+].[Na+].[Na+].[Na+]. The molecular weight excluding hydrogens is 1280 g/mol. The van der Waals surface area contributed by atoms with E-state index in [0.29, 0.717) is 11.1 Å². The van der Waals surface area contributed by atoms with E-state index in [1.807, 2.05) is 0 Å². The number of anilines is 2. The third-order valence-corrected chi connectivity index (χ3v) is 16.1. The predicted octanol–water partition coefficient (Wildman–Crippen LogP) is -24.4. The average molecular weight is 1320 g/mol. The molecule has 20 N–H and O–H groups in total. The molecule has 4 aromatic rings. The Morgan fingerprint density at radius 2 is 0.940 bits per heavy atom. The first kappa shape index (κ1) is 88.2. The number of aromatic nitrogens is 8. The Labute approximate surface area is 577 Å². The number of carbonyl (C=O) groups excluding carboxylic acids is 4. The zero-order chi connectivity index (χ0) is 52.3. The Hall–Kier alpha value is -3.56. The maximum absolute atomic E-state index is 12.9. The number of aromatic amines is 2. The maximum atomic E-state index is 12.9. The number of hydrogen-bond donors (Lipinski definition) is 4. The summed E-state index contributed by atoms with van der Waals surface area (Å²) in [5, 5.41) is 63.4. The second-order valence-corrected chi connectivity index (χ2v) is 20.3. The number of carboxylic acid groups (broad SMARTS) is 2. The zero-order valence-corrected chi connectivity index (χ0v) is 57.4. The Morgan fingerprint density at radius 3 is 1.22 bits per heavy atom. The number of rotatable bonds is 16. The van der Waals surface area contributed by atoms with Crippen LogP contribution in [-0.4, -0.2) is 195 Å². The van der Waals surface area contributed by atoms with Crippen molar-refractivity contribution in [2.75, 3.05) is 48.7 Å². The average Bonchev–Trinajstić information content (AvgIpc) is 3.98. The Kier molecular flexibility index (Phi) is 41.0. The van der Waals surface area contributed by atoms with Gasteiger partial charge in [0.25, 0.3) is 11.8 Å². The van der Waals surface area contributed by atoms with Gasteiger partial charge in [0.15, 0.2) is 32.7 Å². The number of nitrogen functional groups attached to an aromatic ring is 2. The Morgan fingerprint density at radius 1 is 0.614 bits per heavy atom. The third-order valence-electron chi connectivity index (χ3n) is 9.88. The molecule has 0 unspecified atom stereocenters. The second-order valence-electron chi connectivity index (χ2n) is 14.4. The van der Waals surface area contributed by atoms with Crippen LogP contribution in [0.2, 0.25) is 0 Å². The number of amides is 2. The number of aliphatic imine (C=N–C) groups is 2. The molecule has 47 heteroatoms. The van der Waals surface area contributed by atoms with Crippen LogP contribution in [0, 0.1) is 0 Å². The molecule has 2 fully saturated rings. The van der Waals surface area contributed by atoms with Crippen LogP contribution < -0.4 is 172 Å². The number of H-pyrrole nitrogens is 2. The topological polar surface area (TPSA) is 669 Å². The van der Waals surface area contributed by atoms with E-state index in [2.05, 4.69) is 50.4 Å². The van der Waals surface area contributed by atoms with Crippen LogP contribution in [0.25, 0.3) is 0 Å². The van der Waals surface area contributed by atoms with Crippen molar-refractivity contribution in [3.8, 4) is 0 Å². The number of fused-ring (bicyclic) bond motifs is 2. The summed E-state index contributed by atoms with van der Waals surface area (Å²) in [6.07, 6.45) is 0. The molecule has 8 rings (SSSR count). The summed E-state index contributed by atoms with van der Waals surface area (Å²) in [7, 11) is 5.40. The number of aliphatic carboxylic acids is 2. The van der Waals surface area contributed by atoms with Crippen molar-refractivity contribution in [2.45, 2.75) is 33.1 Å². The van der Waals surface area contributed by atoms with Gasteiger partial charge in [0.05, 0.1) is 23.3 Å². The third kappa shape index (κ3) is 19.7. The number of thioether (sulfide) groups is 4. The number of oxime groups is 2. The van der Waals surface area contributed by atoms with E-state index in [4.69, 9.17) is 21.1 Å². The van der Waals surface area contributed by atoms with Crippen LogP contribution in [0.4, 0.5) is 10.3 Å². The molecule has 4 atom stereocenters. The molecular formula is C36H46N16Na4O21S6. The van der Waals surface area contributed by atoms with Crippen molar-refractivity contribution in [1.29, 1.82) is 0 Å². The molecule has 83 heavy (non-hydrogen) atoms. The molecule has 0 saturated carbocycles. The van der Waals surface area contributed by atoms with Crippen molar-refractivity contribution in [2.24, 2.45) is 34.4 Å². The van der Waals surface area contributed by atoms with Crippen molar-refractivity contribution in [3.63, 3.8) is 0 Å². The molecule has 2 amide bonds. The monoisotopic (exact) mass is 1320 g/mol. The summed E-state index contributed by atoms with van der Waals surface area (Å²) in [6, 6.07) is -2.29. The summed E-state index contributed by atoms with van der Waals surface area (Å²) >= 11 is 6.59. The van der Waals surface area contributed by atoms with Crippen LogP contribution >= 0.6 is 69.7 Å². The summed E-state index contributed by atoms with van der Waals surface area (Å²) in [5.41, 5.74) is 7.27. The first-order valence-corrected chi connectivity index (χ1v) is 25.6. The fourth-order valence-corrected chi connectivity index (χ4v) is 12.6. The number of nitrogens with two attached hydrogens (primary N) is 2. The summed E-state index contributed by atoms with van der Waals surface area (Å²) < 4.78 is 2.47. The fourth-order valence-electron chi connectivity index (χ4n) is 6.72. The second kappa shape index (κ2) is 38.6. The van der Waals surface area contributed by atoms with E-state index >= 15 is 0 Å². The predicted molar refractivity (Wildman–Crippen MR) is 280 cm³/mol. The number of thiazole rings is 2. The molecule has 436 valence electrons. The van der Waals surface area contributed by atoms with Gasteiger partial charge in [-0.3, -0.25) is 68.1 Å². The molecule has 0 aromatic carbocycles. The van der Waals surface area contributed by atoms with Gasteiger partial charge in [0.1, 0.15) is 47.8 Å². The smallest absolute Gasteiger partial charge is 0.857 e. The van der Waals surface area contributed by atoms with E-state index in [9.17, 15) is 58.8 Å². The number of β-lactam (4-membered cyclic amide) rings is 2. The van der Waals surface area contributed by atoms with Crippen molar-refractivity contribution < 1.29 is 206 Å². The molecule has 4 aliphatic heterocycles. The zero-order valence-electron chi connectivity index (χ0n) is 44.5. The molecule has 0 bridgehead atoms. The van der Waals surface area contributed by atoms with Gasteiger partial charge in [-0.2, -0.15) is 9.97 Å². The quantitative estimate of drug-likeness (QED) is 0.0154. The van der Waals surface area contributed by atoms with Gasteiger partial charge >= 0.3 is 140 Å². The van der Waals surface area contributed by atoms with Crippen LogP contribution in [0.1, 0.15) is 11.4 Å². The van der Waals surface area contributed by atoms with Crippen LogP contribution in [0.5, 0.6) is 0 Å². The normalized spacial score (nSPS) is 17.6. The van der Waals surface area contributed by atoms with Crippen LogP contribution in [-0.2, 0) is 42.9 Å². The van der Waals surface area contributed by atoms with Gasteiger partial charge in [-0.25, -0.2) is 9.97 Å². The van der Waals surface area contributed by atoms with E-state index in [-0.39, 0.29) is 234 Å². The molecule has 8 heterocycles. The van der Waals surface area contributed by atoms with Crippen molar-refractivity contribution in [1.82, 2.24) is 49.3 Å². The van der Waals surface area contributed by atoms with Gasteiger partial charge in [-0.05, 0) is 11.1 Å². The summed E-state index contributed by atoms with van der Waals surface area (Å²) in [5.74, 6) is -5.82. The maximum Gasteiger partial charge on any atom is 1.00 e. The van der Waals surface area contributed by atoms with Crippen LogP contribution in [0.15, 0.2) is 83.1 Å². The first-order valence-electron chi connectivity index (χ1n) is 19.8. The molecule has 4 aliphatic rings. The molecule has 0 aliphatic carbocycles. The van der Waals surface area contributed by atoms with Gasteiger partial charge in [-0.15, -0.1) is 46.2 Å². The largest absolute Gasteiger partial charge is 1.00 e. The summed E-state index contributed by atoms with van der Waals surface area (Å²) in [6.45, 7) is 0. The number of hydrogen-bond acceptors (Lipinski definition) is 30. The minimum atomic E-state index is -1.57.